The third kappa shape index (κ3) is 4.10. The Morgan fingerprint density at radius 3 is 2.59 bits per heavy atom. The summed E-state index contributed by atoms with van der Waals surface area (Å²) in [4.78, 5) is 11.5. The number of carbonyl (C=O) groups is 1. The van der Waals surface area contributed by atoms with Crippen LogP contribution >= 0.6 is 15.9 Å². The van der Waals surface area contributed by atoms with Crippen LogP contribution in [0.25, 0.3) is 0 Å². The maximum Gasteiger partial charge on any atom is 0.345 e. The minimum absolute atomic E-state index is 0.321. The molecular formula is C18H19BrO3. The first kappa shape index (κ1) is 16.6. The van der Waals surface area contributed by atoms with Crippen LogP contribution in [0.15, 0.2) is 40.9 Å². The predicted octanol–water partition coefficient (Wildman–Crippen LogP) is 4.45. The molecule has 22 heavy (non-hydrogen) atoms. The SMILES string of the molecule is Cc1cc(C)c(C)c(OC(Cc2cccc(Br)c2)C(=O)O)c1. The van der Waals surface area contributed by atoms with Crippen molar-refractivity contribution in [1.29, 1.82) is 0 Å². The number of carboxylic acids is 1. The molecule has 4 heteroatoms. The number of hydrogen-bond donors (Lipinski definition) is 1. The Labute approximate surface area is 139 Å². The van der Waals surface area contributed by atoms with E-state index in [2.05, 4.69) is 22.0 Å². The summed E-state index contributed by atoms with van der Waals surface area (Å²) < 4.78 is 6.72. The molecule has 0 aliphatic heterocycles. The fourth-order valence-electron chi connectivity index (χ4n) is 2.33. The van der Waals surface area contributed by atoms with Crippen LogP contribution in [0, 0.1) is 20.8 Å². The summed E-state index contributed by atoms with van der Waals surface area (Å²) in [6.45, 7) is 5.92. The lowest BCUT2D eigenvalue weighted by Crippen LogP contribution is -2.29. The van der Waals surface area contributed by atoms with Crippen LogP contribution in [0.2, 0.25) is 0 Å². The smallest absolute Gasteiger partial charge is 0.345 e. The predicted molar refractivity (Wildman–Crippen MR) is 90.6 cm³/mol. The van der Waals surface area contributed by atoms with Crippen LogP contribution in [-0.2, 0) is 11.2 Å². The summed E-state index contributed by atoms with van der Waals surface area (Å²) in [6.07, 6.45) is -0.588. The average Bonchev–Trinajstić information content (AvgIpc) is 2.43. The second kappa shape index (κ2) is 6.97. The van der Waals surface area contributed by atoms with E-state index in [9.17, 15) is 9.90 Å². The molecule has 2 aromatic carbocycles. The fourth-order valence-corrected chi connectivity index (χ4v) is 2.78. The first-order chi connectivity index (χ1) is 10.4. The fraction of sp³-hybridized carbons (Fsp3) is 0.278. The van der Waals surface area contributed by atoms with E-state index in [1.807, 2.05) is 51.1 Å². The van der Waals surface area contributed by atoms with Crippen molar-refractivity contribution < 1.29 is 14.6 Å². The quantitative estimate of drug-likeness (QED) is 0.854. The highest BCUT2D eigenvalue weighted by atomic mass is 79.9. The monoisotopic (exact) mass is 362 g/mol. The Morgan fingerprint density at radius 1 is 1.23 bits per heavy atom. The molecule has 1 unspecified atom stereocenters. The molecule has 1 atom stereocenters. The van der Waals surface area contributed by atoms with Crippen molar-refractivity contribution in [3.63, 3.8) is 0 Å². The normalized spacial score (nSPS) is 12.0. The number of halogens is 1. The Bertz CT molecular complexity index is 695. The zero-order chi connectivity index (χ0) is 16.3. The van der Waals surface area contributed by atoms with E-state index >= 15 is 0 Å². The van der Waals surface area contributed by atoms with Gasteiger partial charge in [0, 0.05) is 10.9 Å². The molecule has 0 bridgehead atoms. The molecule has 2 rings (SSSR count). The highest BCUT2D eigenvalue weighted by Gasteiger charge is 2.21. The van der Waals surface area contributed by atoms with E-state index in [1.54, 1.807) is 0 Å². The third-order valence-corrected chi connectivity index (χ3v) is 4.11. The van der Waals surface area contributed by atoms with Gasteiger partial charge >= 0.3 is 5.97 Å². The molecule has 2 aromatic rings. The van der Waals surface area contributed by atoms with Gasteiger partial charge in [-0.25, -0.2) is 4.79 Å². The van der Waals surface area contributed by atoms with Gasteiger partial charge in [0.1, 0.15) is 5.75 Å². The average molecular weight is 363 g/mol. The summed E-state index contributed by atoms with van der Waals surface area (Å²) in [5.41, 5.74) is 4.06. The number of aryl methyl sites for hydroxylation is 2. The number of carboxylic acid groups (broad SMARTS) is 1. The highest BCUT2D eigenvalue weighted by molar-refractivity contribution is 9.10. The van der Waals surface area contributed by atoms with E-state index in [0.29, 0.717) is 12.2 Å². The Morgan fingerprint density at radius 2 is 1.95 bits per heavy atom. The van der Waals surface area contributed by atoms with Gasteiger partial charge in [0.25, 0.3) is 0 Å². The third-order valence-electron chi connectivity index (χ3n) is 3.62. The minimum atomic E-state index is -0.960. The lowest BCUT2D eigenvalue weighted by Gasteiger charge is -2.18. The zero-order valence-corrected chi connectivity index (χ0v) is 14.5. The largest absolute Gasteiger partial charge is 0.478 e. The van der Waals surface area contributed by atoms with Crippen LogP contribution in [0.1, 0.15) is 22.3 Å². The molecule has 1 N–H and O–H groups in total. The van der Waals surface area contributed by atoms with Gasteiger partial charge in [0.15, 0.2) is 6.10 Å². The molecule has 3 nitrogen and oxygen atoms in total. The number of aliphatic carboxylic acids is 1. The van der Waals surface area contributed by atoms with Crippen molar-refractivity contribution >= 4 is 21.9 Å². The molecule has 0 saturated heterocycles. The topological polar surface area (TPSA) is 46.5 Å². The summed E-state index contributed by atoms with van der Waals surface area (Å²) >= 11 is 3.40. The Hall–Kier alpha value is -1.81. The van der Waals surface area contributed by atoms with Crippen molar-refractivity contribution in [3.8, 4) is 5.75 Å². The van der Waals surface area contributed by atoms with E-state index in [4.69, 9.17) is 4.74 Å². The van der Waals surface area contributed by atoms with E-state index in [-0.39, 0.29) is 0 Å². The van der Waals surface area contributed by atoms with Gasteiger partial charge in [-0.15, -0.1) is 0 Å². The lowest BCUT2D eigenvalue weighted by molar-refractivity contribution is -0.145. The number of rotatable bonds is 5. The van der Waals surface area contributed by atoms with E-state index in [0.717, 1.165) is 26.7 Å². The molecule has 0 radical (unpaired) electrons. The van der Waals surface area contributed by atoms with Gasteiger partial charge in [-0.2, -0.15) is 0 Å². The van der Waals surface area contributed by atoms with Crippen molar-refractivity contribution in [1.82, 2.24) is 0 Å². The van der Waals surface area contributed by atoms with Crippen LogP contribution < -0.4 is 4.74 Å². The van der Waals surface area contributed by atoms with E-state index < -0.39 is 12.1 Å². The lowest BCUT2D eigenvalue weighted by atomic mass is 10.0. The standard InChI is InChI=1S/C18H19BrO3/c1-11-7-12(2)13(3)16(8-11)22-17(18(20)21)10-14-5-4-6-15(19)9-14/h4-9,17H,10H2,1-3H3,(H,20,21). The Balaban J connectivity index is 2.25. The summed E-state index contributed by atoms with van der Waals surface area (Å²) in [6, 6.07) is 11.6. The molecule has 0 saturated carbocycles. The number of ether oxygens (including phenoxy) is 1. The second-order valence-corrected chi connectivity index (χ2v) is 6.40. The van der Waals surface area contributed by atoms with Gasteiger partial charge in [0.2, 0.25) is 0 Å². The van der Waals surface area contributed by atoms with Gasteiger partial charge in [-0.05, 0) is 61.2 Å². The van der Waals surface area contributed by atoms with Crippen molar-refractivity contribution in [2.45, 2.75) is 33.3 Å². The summed E-state index contributed by atoms with van der Waals surface area (Å²) in [7, 11) is 0. The molecule has 0 amide bonds. The molecular weight excluding hydrogens is 344 g/mol. The maximum absolute atomic E-state index is 11.5. The van der Waals surface area contributed by atoms with Crippen molar-refractivity contribution in [3.05, 3.63) is 63.1 Å². The van der Waals surface area contributed by atoms with Crippen LogP contribution in [0.5, 0.6) is 5.75 Å². The number of benzene rings is 2. The molecule has 0 heterocycles. The van der Waals surface area contributed by atoms with Gasteiger partial charge in [-0.3, -0.25) is 0 Å². The molecule has 116 valence electrons. The van der Waals surface area contributed by atoms with Gasteiger partial charge in [0.05, 0.1) is 0 Å². The molecule has 0 aliphatic rings. The van der Waals surface area contributed by atoms with Crippen LogP contribution in [-0.4, -0.2) is 17.2 Å². The van der Waals surface area contributed by atoms with Crippen molar-refractivity contribution in [2.75, 3.05) is 0 Å². The molecule has 0 fully saturated rings. The van der Waals surface area contributed by atoms with E-state index in [1.165, 1.54) is 0 Å². The summed E-state index contributed by atoms with van der Waals surface area (Å²) in [5, 5.41) is 9.46. The highest BCUT2D eigenvalue weighted by Crippen LogP contribution is 2.25. The first-order valence-electron chi connectivity index (χ1n) is 7.08. The summed E-state index contributed by atoms with van der Waals surface area (Å²) in [5.74, 6) is -0.321. The molecule has 0 spiro atoms. The first-order valence-corrected chi connectivity index (χ1v) is 7.88. The van der Waals surface area contributed by atoms with Gasteiger partial charge < -0.3 is 9.84 Å². The van der Waals surface area contributed by atoms with Crippen LogP contribution in [0.4, 0.5) is 0 Å². The number of hydrogen-bond acceptors (Lipinski definition) is 2. The van der Waals surface area contributed by atoms with Crippen molar-refractivity contribution in [2.24, 2.45) is 0 Å². The molecule has 0 aliphatic carbocycles. The van der Waals surface area contributed by atoms with Gasteiger partial charge in [-0.1, -0.05) is 34.1 Å². The zero-order valence-electron chi connectivity index (χ0n) is 12.9. The maximum atomic E-state index is 11.5. The van der Waals surface area contributed by atoms with Crippen LogP contribution in [0.3, 0.4) is 0 Å². The minimum Gasteiger partial charge on any atom is -0.478 e. The Kier molecular flexibility index (Phi) is 5.24. The second-order valence-electron chi connectivity index (χ2n) is 5.48. The molecule has 0 aromatic heterocycles.